The van der Waals surface area contributed by atoms with Gasteiger partial charge >= 0.3 is 11.9 Å². The fourth-order valence-electron chi connectivity index (χ4n) is 4.14. The third kappa shape index (κ3) is 2.82. The Morgan fingerprint density at radius 1 is 1.26 bits per heavy atom. The van der Waals surface area contributed by atoms with E-state index in [1.54, 1.807) is 13.8 Å². The van der Waals surface area contributed by atoms with Crippen molar-refractivity contribution in [2.45, 2.75) is 39.0 Å². The van der Waals surface area contributed by atoms with Crippen LogP contribution in [0.15, 0.2) is 24.8 Å². The summed E-state index contributed by atoms with van der Waals surface area (Å²) < 4.78 is 10.6. The van der Waals surface area contributed by atoms with E-state index in [0.29, 0.717) is 12.8 Å². The average Bonchev–Trinajstić information content (AvgIpc) is 2.78. The van der Waals surface area contributed by atoms with Gasteiger partial charge in [0.1, 0.15) is 0 Å². The summed E-state index contributed by atoms with van der Waals surface area (Å²) in [6, 6.07) is 0. The molecule has 0 aliphatic heterocycles. The molecular weight excluding hydrogens is 316 g/mol. The highest BCUT2D eigenvalue weighted by Crippen LogP contribution is 2.62. The van der Waals surface area contributed by atoms with Crippen LogP contribution >= 0.6 is 11.6 Å². The van der Waals surface area contributed by atoms with E-state index in [1.807, 2.05) is 25.2 Å². The number of carbonyl (C=O) groups is 2. The first-order chi connectivity index (χ1) is 10.9. The van der Waals surface area contributed by atoms with Crippen molar-refractivity contribution in [3.8, 4) is 0 Å². The molecule has 0 radical (unpaired) electrons. The van der Waals surface area contributed by atoms with Crippen molar-refractivity contribution in [2.24, 2.45) is 22.7 Å². The number of fused-ring (bicyclic) bond motifs is 1. The van der Waals surface area contributed by atoms with Crippen LogP contribution in [0.1, 0.15) is 33.6 Å². The molecular formula is C18H25ClO4. The summed E-state index contributed by atoms with van der Waals surface area (Å²) in [5, 5.41) is -0.202. The minimum Gasteiger partial charge on any atom is -0.465 e. The molecule has 0 heterocycles. The maximum Gasteiger partial charge on any atom is 0.323 e. The van der Waals surface area contributed by atoms with Crippen LogP contribution in [0.25, 0.3) is 0 Å². The summed E-state index contributed by atoms with van der Waals surface area (Å²) >= 11 is 6.29. The monoisotopic (exact) mass is 340 g/mol. The molecule has 2 aliphatic carbocycles. The van der Waals surface area contributed by atoms with Gasteiger partial charge in [-0.2, -0.15) is 0 Å². The number of alkyl halides is 1. The molecule has 1 unspecified atom stereocenters. The Morgan fingerprint density at radius 2 is 1.83 bits per heavy atom. The number of ether oxygens (including phenoxy) is 2. The molecule has 4 nitrogen and oxygen atoms in total. The van der Waals surface area contributed by atoms with Crippen molar-refractivity contribution in [3.05, 3.63) is 24.8 Å². The van der Waals surface area contributed by atoms with Crippen LogP contribution in [-0.4, -0.2) is 30.5 Å². The molecule has 0 bridgehead atoms. The zero-order chi connectivity index (χ0) is 17.3. The quantitative estimate of drug-likeness (QED) is 0.333. The molecule has 0 N–H and O–H groups in total. The SMILES string of the molecule is C=CC1(C)CC(C(=O)OCC)(C(=O)OCC)[C@@H]2C[C@H](Cl)C=C[C@@H]21. The van der Waals surface area contributed by atoms with Crippen molar-refractivity contribution in [1.29, 1.82) is 0 Å². The minimum atomic E-state index is -1.31. The molecule has 0 saturated heterocycles. The smallest absolute Gasteiger partial charge is 0.323 e. The lowest BCUT2D eigenvalue weighted by molar-refractivity contribution is -0.176. The van der Waals surface area contributed by atoms with Crippen LogP contribution in [0.5, 0.6) is 0 Å². The lowest BCUT2D eigenvalue weighted by Gasteiger charge is -2.35. The molecule has 0 spiro atoms. The zero-order valence-electron chi connectivity index (χ0n) is 14.0. The van der Waals surface area contributed by atoms with Gasteiger partial charge in [0.2, 0.25) is 0 Å². The second kappa shape index (κ2) is 6.68. The molecule has 1 fully saturated rings. The molecule has 0 aromatic heterocycles. The maximum atomic E-state index is 12.8. The molecule has 2 rings (SSSR count). The molecule has 0 aromatic carbocycles. The molecule has 0 aromatic rings. The maximum absolute atomic E-state index is 12.8. The number of carbonyl (C=O) groups excluding carboxylic acids is 2. The minimum absolute atomic E-state index is 0.0174. The summed E-state index contributed by atoms with van der Waals surface area (Å²) in [4.78, 5) is 25.6. The molecule has 5 heteroatoms. The van der Waals surface area contributed by atoms with E-state index in [9.17, 15) is 9.59 Å². The van der Waals surface area contributed by atoms with Gasteiger partial charge < -0.3 is 9.47 Å². The fourth-order valence-corrected chi connectivity index (χ4v) is 4.41. The topological polar surface area (TPSA) is 52.6 Å². The van der Waals surface area contributed by atoms with E-state index in [4.69, 9.17) is 21.1 Å². The van der Waals surface area contributed by atoms with Crippen molar-refractivity contribution >= 4 is 23.5 Å². The van der Waals surface area contributed by atoms with Gasteiger partial charge in [-0.05, 0) is 43.9 Å². The van der Waals surface area contributed by atoms with Crippen LogP contribution in [0.2, 0.25) is 0 Å². The van der Waals surface area contributed by atoms with E-state index >= 15 is 0 Å². The Hall–Kier alpha value is -1.29. The predicted octanol–water partition coefficient (Wildman–Crippen LogP) is 3.49. The summed E-state index contributed by atoms with van der Waals surface area (Å²) in [5.74, 6) is -1.23. The third-order valence-electron chi connectivity index (χ3n) is 5.24. The van der Waals surface area contributed by atoms with Crippen molar-refractivity contribution in [2.75, 3.05) is 13.2 Å². The summed E-state index contributed by atoms with van der Waals surface area (Å²) in [7, 11) is 0. The van der Waals surface area contributed by atoms with Gasteiger partial charge in [0.15, 0.2) is 5.41 Å². The van der Waals surface area contributed by atoms with E-state index < -0.39 is 17.4 Å². The highest BCUT2D eigenvalue weighted by Gasteiger charge is 2.67. The lowest BCUT2D eigenvalue weighted by Crippen LogP contribution is -2.47. The van der Waals surface area contributed by atoms with Crippen LogP contribution in [0.3, 0.4) is 0 Å². The van der Waals surface area contributed by atoms with Crippen LogP contribution in [0, 0.1) is 22.7 Å². The number of halogens is 1. The van der Waals surface area contributed by atoms with E-state index in [-0.39, 0.29) is 35.8 Å². The molecule has 1 saturated carbocycles. The standard InChI is InChI=1S/C18H25ClO4/c1-5-17(4)11-18(15(20)22-6-2,16(21)23-7-3)14-10-12(19)8-9-13(14)17/h5,8-9,12-14H,1,6-7,10-11H2,2-4H3/t12-,13+,14-,17?/m1/s1. The van der Waals surface area contributed by atoms with E-state index in [1.165, 1.54) is 0 Å². The van der Waals surface area contributed by atoms with Gasteiger partial charge in [-0.1, -0.05) is 25.2 Å². The number of hydrogen-bond acceptors (Lipinski definition) is 4. The Balaban J connectivity index is 2.56. The second-order valence-corrected chi connectivity index (χ2v) is 7.13. The molecule has 4 atom stereocenters. The largest absolute Gasteiger partial charge is 0.465 e. The Bertz CT molecular complexity index is 509. The van der Waals surface area contributed by atoms with Gasteiger partial charge in [0.25, 0.3) is 0 Å². The number of rotatable bonds is 5. The van der Waals surface area contributed by atoms with Crippen LogP contribution < -0.4 is 0 Å². The van der Waals surface area contributed by atoms with E-state index in [2.05, 4.69) is 6.58 Å². The Morgan fingerprint density at radius 3 is 2.30 bits per heavy atom. The highest BCUT2D eigenvalue weighted by atomic mass is 35.5. The van der Waals surface area contributed by atoms with Crippen molar-refractivity contribution in [3.63, 3.8) is 0 Å². The van der Waals surface area contributed by atoms with Crippen molar-refractivity contribution < 1.29 is 19.1 Å². The zero-order valence-corrected chi connectivity index (χ0v) is 14.8. The molecule has 0 amide bonds. The number of allylic oxidation sites excluding steroid dienone is 3. The van der Waals surface area contributed by atoms with Crippen molar-refractivity contribution in [1.82, 2.24) is 0 Å². The Labute approximate surface area is 142 Å². The van der Waals surface area contributed by atoms with E-state index in [0.717, 1.165) is 0 Å². The Kier molecular flexibility index (Phi) is 5.24. The number of esters is 2. The molecule has 128 valence electrons. The first kappa shape index (κ1) is 18.1. The first-order valence-corrected chi connectivity index (χ1v) is 8.59. The lowest BCUT2D eigenvalue weighted by atomic mass is 9.70. The van der Waals surface area contributed by atoms with Crippen LogP contribution in [0.4, 0.5) is 0 Å². The van der Waals surface area contributed by atoms with Gasteiger partial charge in [0.05, 0.1) is 18.6 Å². The predicted molar refractivity (Wildman–Crippen MR) is 89.0 cm³/mol. The average molecular weight is 341 g/mol. The first-order valence-electron chi connectivity index (χ1n) is 8.16. The van der Waals surface area contributed by atoms with Gasteiger partial charge in [0, 0.05) is 0 Å². The van der Waals surface area contributed by atoms with Gasteiger partial charge in [-0.15, -0.1) is 18.2 Å². The molecule has 2 aliphatic rings. The van der Waals surface area contributed by atoms with Gasteiger partial charge in [-0.25, -0.2) is 0 Å². The number of hydrogen-bond donors (Lipinski definition) is 0. The third-order valence-corrected chi connectivity index (χ3v) is 5.56. The molecule has 23 heavy (non-hydrogen) atoms. The fraction of sp³-hybridized carbons (Fsp3) is 0.667. The summed E-state index contributed by atoms with van der Waals surface area (Å²) in [6.45, 7) is 9.88. The highest BCUT2D eigenvalue weighted by molar-refractivity contribution is 6.22. The second-order valence-electron chi connectivity index (χ2n) is 6.57. The normalized spacial score (nSPS) is 34.5. The summed E-state index contributed by atoms with van der Waals surface area (Å²) in [6.07, 6.45) is 6.68. The van der Waals surface area contributed by atoms with Crippen LogP contribution in [-0.2, 0) is 19.1 Å². The van der Waals surface area contributed by atoms with Gasteiger partial charge in [-0.3, -0.25) is 9.59 Å². The summed E-state index contributed by atoms with van der Waals surface area (Å²) in [5.41, 5.74) is -1.69.